The Morgan fingerprint density at radius 2 is 0.354 bits per heavy atom. The van der Waals surface area contributed by atoms with Gasteiger partial charge in [0, 0.05) is 6.54 Å². The minimum atomic E-state index is -1.29. The maximum absolute atomic E-state index is 14.8. The van der Waals surface area contributed by atoms with Crippen molar-refractivity contribution in [1.29, 1.82) is 0 Å². The van der Waals surface area contributed by atoms with E-state index < -0.39 is 179 Å². The Bertz CT molecular complexity index is 3290. The van der Waals surface area contributed by atoms with Crippen LogP contribution in [0.5, 0.6) is 0 Å². The van der Waals surface area contributed by atoms with Crippen LogP contribution >= 0.6 is 0 Å². The zero-order valence-corrected chi connectivity index (χ0v) is 80.4. The van der Waals surface area contributed by atoms with Crippen molar-refractivity contribution >= 4 is 88.6 Å². The first kappa shape index (κ1) is 119. The fourth-order valence-corrected chi connectivity index (χ4v) is 14.6. The van der Waals surface area contributed by atoms with Crippen LogP contribution in [0.25, 0.3) is 0 Å². The molecule has 0 rings (SSSR count). The van der Waals surface area contributed by atoms with Crippen molar-refractivity contribution in [2.24, 2.45) is 99.1 Å². The molecule has 0 saturated heterocycles. The second-order valence-electron chi connectivity index (χ2n) is 38.3. The highest BCUT2D eigenvalue weighted by molar-refractivity contribution is 6.00. The van der Waals surface area contributed by atoms with Gasteiger partial charge in [0.1, 0.15) is 78.5 Å². The zero-order chi connectivity index (χ0) is 96.8. The molecule has 0 aliphatic heterocycles. The highest BCUT2D eigenvalue weighted by atomic mass is 16.2. The smallest absolute Gasteiger partial charge is 0.243 e. The SMILES string of the molecule is CC(C)C[C@H](NC(=O)[C@H](CC(C)C)NC(=O)[C@H](CCCCN)NC(=O)[C@H](CC(C)C)NC(=O)[C@H](CC(C)C)NC(=O)[C@H](CCCCN)NC(=O)[C@H](CCCCN)NC(=O)[C@H](CC(C)C)NC(=O)[C@H](CC(C)C)NC(=O)[C@@H](N)CCCCNC(=O)[C@H](CCCCN)NC(=O)[C@H](CC(C)C)NC(=O)[C@H](CC(C)C)NC(=O)[C@H](CCCCN)NC(=O)[C@@H](N)CC(C)C)C(N)=O. The van der Waals surface area contributed by atoms with Crippen LogP contribution in [0.2, 0.25) is 0 Å². The summed E-state index contributed by atoms with van der Waals surface area (Å²) in [6.45, 7) is 35.2. The molecule has 0 bridgehead atoms. The summed E-state index contributed by atoms with van der Waals surface area (Å²) in [7, 11) is 0. The lowest BCUT2D eigenvalue weighted by Gasteiger charge is -2.29. The summed E-state index contributed by atoms with van der Waals surface area (Å²) in [5.41, 5.74) is 47.6. The quantitative estimate of drug-likeness (QED) is 0.0386. The van der Waals surface area contributed by atoms with E-state index in [4.69, 9.17) is 45.9 Å². The van der Waals surface area contributed by atoms with Crippen molar-refractivity contribution in [2.45, 2.75) is 389 Å². The van der Waals surface area contributed by atoms with Crippen LogP contribution in [0.15, 0.2) is 0 Å². The van der Waals surface area contributed by atoms with Crippen LogP contribution in [-0.4, -0.2) is 219 Å². The number of nitrogens with two attached hydrogens (primary N) is 8. The fourth-order valence-electron chi connectivity index (χ4n) is 14.6. The summed E-state index contributed by atoms with van der Waals surface area (Å²) in [5, 5.41) is 39.5. The molecule has 0 heterocycles. The molecule has 0 fully saturated rings. The van der Waals surface area contributed by atoms with Gasteiger partial charge in [0.05, 0.1) is 12.1 Å². The normalized spacial score (nSPS) is 15.3. The second-order valence-corrected chi connectivity index (χ2v) is 38.3. The monoisotopic (exact) mass is 1800 g/mol. The van der Waals surface area contributed by atoms with Crippen molar-refractivity contribution in [3.8, 4) is 0 Å². The van der Waals surface area contributed by atoms with Crippen molar-refractivity contribution in [2.75, 3.05) is 39.3 Å². The number of nitrogens with one attached hydrogen (secondary N) is 14. The van der Waals surface area contributed by atoms with Gasteiger partial charge in [-0.05, 0) is 259 Å². The van der Waals surface area contributed by atoms with Crippen molar-refractivity contribution in [3.05, 3.63) is 0 Å². The first-order valence-corrected chi connectivity index (χ1v) is 47.2. The van der Waals surface area contributed by atoms with E-state index in [1.54, 1.807) is 0 Å². The molecule has 0 aliphatic rings. The minimum absolute atomic E-state index is 0.00657. The maximum Gasteiger partial charge on any atom is 0.243 e. The summed E-state index contributed by atoms with van der Waals surface area (Å²) in [5.74, 6) is -10.7. The average molecular weight is 1800 g/mol. The molecule has 0 aliphatic carbocycles. The lowest BCUT2D eigenvalue weighted by atomic mass is 9.98. The number of primary amides is 1. The highest BCUT2D eigenvalue weighted by Gasteiger charge is 2.39. The molecule has 0 aromatic rings. The lowest BCUT2D eigenvalue weighted by molar-refractivity contribution is -0.136. The lowest BCUT2D eigenvalue weighted by Crippen LogP contribution is -2.61. The van der Waals surface area contributed by atoms with E-state index in [1.165, 1.54) is 0 Å². The molecule has 0 aromatic heterocycles. The van der Waals surface area contributed by atoms with E-state index in [9.17, 15) is 71.9 Å². The van der Waals surface area contributed by atoms with Gasteiger partial charge in [-0.15, -0.1) is 0 Å². The fraction of sp³-hybridized carbons (Fsp3) is 0.833. The van der Waals surface area contributed by atoms with E-state index in [0.717, 1.165) is 0 Å². The van der Waals surface area contributed by atoms with Gasteiger partial charge in [-0.1, -0.05) is 125 Å². The number of amides is 15. The molecule has 0 spiro atoms. The van der Waals surface area contributed by atoms with Gasteiger partial charge in [0.2, 0.25) is 88.6 Å². The summed E-state index contributed by atoms with van der Waals surface area (Å²) in [6.07, 6.45) is 7.82. The van der Waals surface area contributed by atoms with Gasteiger partial charge in [-0.3, -0.25) is 71.9 Å². The summed E-state index contributed by atoms with van der Waals surface area (Å²) < 4.78 is 0. The molecule has 37 heteroatoms. The molecular formula is C90H174N22O15. The third-order valence-corrected chi connectivity index (χ3v) is 21.3. The first-order valence-electron chi connectivity index (χ1n) is 47.2. The third-order valence-electron chi connectivity index (χ3n) is 21.3. The predicted molar refractivity (Wildman–Crippen MR) is 497 cm³/mol. The summed E-state index contributed by atoms with van der Waals surface area (Å²) in [6, 6.07) is -17.0. The minimum Gasteiger partial charge on any atom is -0.368 e. The van der Waals surface area contributed by atoms with Gasteiger partial charge in [-0.25, -0.2) is 0 Å². The van der Waals surface area contributed by atoms with E-state index in [2.05, 4.69) is 74.4 Å². The van der Waals surface area contributed by atoms with E-state index in [-0.39, 0.29) is 163 Å². The maximum atomic E-state index is 14.8. The molecule has 37 nitrogen and oxygen atoms in total. The van der Waals surface area contributed by atoms with Crippen LogP contribution in [0.4, 0.5) is 0 Å². The Morgan fingerprint density at radius 1 is 0.189 bits per heavy atom. The first-order chi connectivity index (χ1) is 59.6. The molecule has 15 atom stereocenters. The standard InChI is InChI=1S/C90H174N22O15/c1-52(2)43-62(97)78(115)100-64(33-20-26-38-92)81(118)108-74(50-59(15)16)89(126)111-70(46-55(7)8)84(121)101-63(32-19-25-37-91)79(116)99-42-30-24-31-61(96)77(114)106-69(45-54(5)6)88(125)110-71(47-56(9)10)85(122)103-65(34-21-27-39-93)80(117)102-66(35-22-28-40-94)82(119)109-75(51-60(17)18)90(127)112-72(48-57(11)12)86(123)104-67(36-23-29-41-95)83(120)107-73(49-58(13)14)87(124)105-68(76(98)113)44-53(3)4/h52-75H,19-51,91-97H2,1-18H3,(H2,98,113)(H,99,116)(H,100,115)(H,101,121)(H,102,117)(H,103,122)(H,104,123)(H,105,124)(H,106,114)(H,107,120)(H,108,118)(H,109,119)(H,110,125)(H,111,126)(H,112,127)/t61-,62-,63-,64-,65-,66-,67-,68-,69-,70-,71-,72-,73-,74-,75-/m0/s1. The Kier molecular flexibility index (Phi) is 61.9. The Hall–Kier alpha value is -8.23. The number of carbonyl (C=O) groups excluding carboxylic acids is 15. The largest absolute Gasteiger partial charge is 0.368 e. The zero-order valence-electron chi connectivity index (χ0n) is 80.4. The third kappa shape index (κ3) is 52.9. The average Bonchev–Trinajstić information content (AvgIpc) is 0.855. The number of carbonyl (C=O) groups is 15. The number of unbranched alkanes of at least 4 members (excludes halogenated alkanes) is 6. The molecule has 15 amide bonds. The van der Waals surface area contributed by atoms with E-state index in [0.29, 0.717) is 103 Å². The van der Waals surface area contributed by atoms with Crippen molar-refractivity contribution in [1.82, 2.24) is 74.4 Å². The number of hydrogen-bond donors (Lipinski definition) is 22. The highest BCUT2D eigenvalue weighted by Crippen LogP contribution is 2.19. The molecule has 0 saturated carbocycles. The van der Waals surface area contributed by atoms with Crippen LogP contribution in [0.1, 0.15) is 298 Å². The van der Waals surface area contributed by atoms with Crippen molar-refractivity contribution in [3.63, 3.8) is 0 Å². The molecule has 127 heavy (non-hydrogen) atoms. The van der Waals surface area contributed by atoms with Gasteiger partial charge >= 0.3 is 0 Å². The topological polar surface area (TPSA) is 633 Å². The Morgan fingerprint density at radius 3 is 0.567 bits per heavy atom. The van der Waals surface area contributed by atoms with Crippen LogP contribution in [-0.2, 0) is 71.9 Å². The van der Waals surface area contributed by atoms with Gasteiger partial charge in [-0.2, -0.15) is 0 Å². The summed E-state index contributed by atoms with van der Waals surface area (Å²) in [4.78, 5) is 212. The Balaban J connectivity index is 6.82. The predicted octanol–water partition coefficient (Wildman–Crippen LogP) is 1.78. The van der Waals surface area contributed by atoms with Gasteiger partial charge < -0.3 is 120 Å². The molecule has 0 unspecified atom stereocenters. The Labute approximate surface area is 758 Å². The molecule has 0 aromatic carbocycles. The van der Waals surface area contributed by atoms with E-state index in [1.807, 2.05) is 125 Å². The van der Waals surface area contributed by atoms with Crippen LogP contribution < -0.4 is 120 Å². The van der Waals surface area contributed by atoms with Crippen molar-refractivity contribution < 1.29 is 71.9 Å². The molecule has 734 valence electrons. The number of hydrogen-bond acceptors (Lipinski definition) is 22. The second kappa shape index (κ2) is 66.2. The van der Waals surface area contributed by atoms with E-state index >= 15 is 0 Å². The van der Waals surface area contributed by atoms with Crippen LogP contribution in [0.3, 0.4) is 0 Å². The summed E-state index contributed by atoms with van der Waals surface area (Å²) >= 11 is 0. The molecule has 30 N–H and O–H groups in total. The van der Waals surface area contributed by atoms with Gasteiger partial charge in [0.25, 0.3) is 0 Å². The molecule has 0 radical (unpaired) electrons. The number of rotatable bonds is 71. The van der Waals surface area contributed by atoms with Gasteiger partial charge in [0.15, 0.2) is 0 Å². The molecular weight excluding hydrogens is 1630 g/mol. The van der Waals surface area contributed by atoms with Crippen LogP contribution in [0, 0.1) is 53.3 Å².